The lowest BCUT2D eigenvalue weighted by Gasteiger charge is -2.27. The molecular formula is C17H22N2O4S. The number of aromatic nitrogens is 1. The SMILES string of the molecule is C=CCN(C(=O)c1cc2c([nH]c1=O)CCCC2)C1CCS(=O)(=O)C1. The van der Waals surface area contributed by atoms with Gasteiger partial charge in [-0.05, 0) is 43.7 Å². The van der Waals surface area contributed by atoms with Crippen LogP contribution in [0.25, 0.3) is 0 Å². The molecule has 1 fully saturated rings. The molecule has 2 aliphatic rings. The van der Waals surface area contributed by atoms with Crippen molar-refractivity contribution in [2.45, 2.75) is 38.1 Å². The topological polar surface area (TPSA) is 87.3 Å². The molecule has 3 rings (SSSR count). The van der Waals surface area contributed by atoms with Crippen molar-refractivity contribution in [3.8, 4) is 0 Å². The van der Waals surface area contributed by atoms with Crippen LogP contribution in [0.15, 0.2) is 23.5 Å². The number of fused-ring (bicyclic) bond motifs is 1. The van der Waals surface area contributed by atoms with Crippen LogP contribution < -0.4 is 5.56 Å². The highest BCUT2D eigenvalue weighted by molar-refractivity contribution is 7.91. The summed E-state index contributed by atoms with van der Waals surface area (Å²) in [6.45, 7) is 3.88. The Kier molecular flexibility index (Phi) is 4.62. The number of H-pyrrole nitrogens is 1. The average molecular weight is 350 g/mol. The lowest BCUT2D eigenvalue weighted by molar-refractivity contribution is 0.0718. The molecule has 2 heterocycles. The fraction of sp³-hybridized carbons (Fsp3) is 0.529. The van der Waals surface area contributed by atoms with E-state index < -0.39 is 27.3 Å². The Balaban J connectivity index is 1.93. The van der Waals surface area contributed by atoms with E-state index in [0.29, 0.717) is 6.42 Å². The Morgan fingerprint density at radius 3 is 2.79 bits per heavy atom. The van der Waals surface area contributed by atoms with Crippen molar-refractivity contribution in [1.82, 2.24) is 9.88 Å². The number of nitrogens with zero attached hydrogens (tertiary/aromatic N) is 1. The van der Waals surface area contributed by atoms with Crippen molar-refractivity contribution >= 4 is 15.7 Å². The molecule has 0 aromatic carbocycles. The number of hydrogen-bond donors (Lipinski definition) is 1. The Morgan fingerprint density at radius 1 is 1.38 bits per heavy atom. The fourth-order valence-electron chi connectivity index (χ4n) is 3.55. The summed E-state index contributed by atoms with van der Waals surface area (Å²) in [6.07, 6.45) is 5.74. The zero-order chi connectivity index (χ0) is 17.3. The zero-order valence-corrected chi connectivity index (χ0v) is 14.4. The predicted octanol–water partition coefficient (Wildman–Crippen LogP) is 1.07. The molecule has 1 N–H and O–H groups in total. The maximum atomic E-state index is 12.9. The molecule has 1 aliphatic heterocycles. The van der Waals surface area contributed by atoms with Gasteiger partial charge >= 0.3 is 0 Å². The van der Waals surface area contributed by atoms with Gasteiger partial charge in [0.1, 0.15) is 5.56 Å². The summed E-state index contributed by atoms with van der Waals surface area (Å²) >= 11 is 0. The smallest absolute Gasteiger partial charge is 0.261 e. The Morgan fingerprint density at radius 2 is 2.12 bits per heavy atom. The molecule has 0 saturated carbocycles. The minimum atomic E-state index is -3.11. The van der Waals surface area contributed by atoms with E-state index in [4.69, 9.17) is 0 Å². The maximum Gasteiger partial charge on any atom is 0.261 e. The maximum absolute atomic E-state index is 12.9. The molecule has 1 unspecified atom stereocenters. The molecule has 24 heavy (non-hydrogen) atoms. The van der Waals surface area contributed by atoms with Gasteiger partial charge in [-0.15, -0.1) is 6.58 Å². The van der Waals surface area contributed by atoms with Crippen molar-refractivity contribution in [2.75, 3.05) is 18.1 Å². The summed E-state index contributed by atoms with van der Waals surface area (Å²) in [5, 5.41) is 0. The van der Waals surface area contributed by atoms with Crippen LogP contribution in [0.3, 0.4) is 0 Å². The van der Waals surface area contributed by atoms with E-state index in [1.165, 1.54) is 4.90 Å². The monoisotopic (exact) mass is 350 g/mol. The van der Waals surface area contributed by atoms with E-state index in [9.17, 15) is 18.0 Å². The van der Waals surface area contributed by atoms with Crippen molar-refractivity contribution in [3.05, 3.63) is 45.9 Å². The first-order valence-corrected chi connectivity index (χ1v) is 10.1. The highest BCUT2D eigenvalue weighted by Crippen LogP contribution is 2.22. The van der Waals surface area contributed by atoms with Gasteiger partial charge in [0.25, 0.3) is 11.5 Å². The quantitative estimate of drug-likeness (QED) is 0.823. The number of pyridine rings is 1. The first-order valence-electron chi connectivity index (χ1n) is 8.28. The van der Waals surface area contributed by atoms with Gasteiger partial charge in [0.05, 0.1) is 11.5 Å². The number of rotatable bonds is 4. The summed E-state index contributed by atoms with van der Waals surface area (Å²) in [4.78, 5) is 29.5. The number of sulfone groups is 1. The first kappa shape index (κ1) is 17.0. The molecule has 6 nitrogen and oxygen atoms in total. The molecule has 0 radical (unpaired) electrons. The van der Waals surface area contributed by atoms with Crippen molar-refractivity contribution in [3.63, 3.8) is 0 Å². The highest BCUT2D eigenvalue weighted by atomic mass is 32.2. The second-order valence-electron chi connectivity index (χ2n) is 6.53. The molecule has 0 spiro atoms. The van der Waals surface area contributed by atoms with Crippen molar-refractivity contribution in [1.29, 1.82) is 0 Å². The first-order chi connectivity index (χ1) is 11.4. The van der Waals surface area contributed by atoms with E-state index >= 15 is 0 Å². The number of carbonyl (C=O) groups excluding carboxylic acids is 1. The third-order valence-electron chi connectivity index (χ3n) is 4.80. The molecule has 1 aromatic rings. The number of hydrogen-bond acceptors (Lipinski definition) is 4. The van der Waals surface area contributed by atoms with Gasteiger partial charge in [-0.3, -0.25) is 9.59 Å². The summed E-state index contributed by atoms with van der Waals surface area (Å²) < 4.78 is 23.5. The zero-order valence-electron chi connectivity index (χ0n) is 13.6. The van der Waals surface area contributed by atoms with E-state index in [1.807, 2.05) is 0 Å². The summed E-state index contributed by atoms with van der Waals surface area (Å²) in [5.41, 5.74) is 1.64. The van der Waals surface area contributed by atoms with Gasteiger partial charge in [0.15, 0.2) is 9.84 Å². The summed E-state index contributed by atoms with van der Waals surface area (Å²) in [5.74, 6) is -0.374. The van der Waals surface area contributed by atoms with Crippen molar-refractivity contribution in [2.24, 2.45) is 0 Å². The molecule has 1 aliphatic carbocycles. The molecular weight excluding hydrogens is 328 g/mol. The van der Waals surface area contributed by atoms with Crippen LogP contribution in [0, 0.1) is 0 Å². The second-order valence-corrected chi connectivity index (χ2v) is 8.75. The van der Waals surface area contributed by atoms with E-state index in [1.54, 1.807) is 12.1 Å². The van der Waals surface area contributed by atoms with Crippen LogP contribution in [-0.4, -0.2) is 48.3 Å². The van der Waals surface area contributed by atoms with E-state index in [-0.39, 0.29) is 23.6 Å². The Labute approximate surface area is 141 Å². The van der Waals surface area contributed by atoms with Crippen LogP contribution in [0.4, 0.5) is 0 Å². The molecule has 130 valence electrons. The summed E-state index contributed by atoms with van der Waals surface area (Å²) in [7, 11) is -3.11. The number of nitrogens with one attached hydrogen (secondary N) is 1. The third-order valence-corrected chi connectivity index (χ3v) is 6.55. The number of aryl methyl sites for hydroxylation is 2. The van der Waals surface area contributed by atoms with Crippen LogP contribution in [-0.2, 0) is 22.7 Å². The molecule has 1 saturated heterocycles. The Hall–Kier alpha value is -1.89. The van der Waals surface area contributed by atoms with Gasteiger partial charge in [0.2, 0.25) is 0 Å². The van der Waals surface area contributed by atoms with Crippen molar-refractivity contribution < 1.29 is 13.2 Å². The van der Waals surface area contributed by atoms with Gasteiger partial charge in [-0.2, -0.15) is 0 Å². The normalized spacial score (nSPS) is 21.9. The molecule has 7 heteroatoms. The number of carbonyl (C=O) groups is 1. The second kappa shape index (κ2) is 6.55. The van der Waals surface area contributed by atoms with E-state index in [2.05, 4.69) is 11.6 Å². The lowest BCUT2D eigenvalue weighted by Crippen LogP contribution is -2.43. The van der Waals surface area contributed by atoms with Crippen LogP contribution in [0.1, 0.15) is 40.9 Å². The van der Waals surface area contributed by atoms with Crippen LogP contribution in [0.2, 0.25) is 0 Å². The summed E-state index contributed by atoms with van der Waals surface area (Å²) in [6, 6.07) is 1.30. The fourth-order valence-corrected chi connectivity index (χ4v) is 5.28. The number of aromatic amines is 1. The van der Waals surface area contributed by atoms with Gasteiger partial charge < -0.3 is 9.88 Å². The minimum Gasteiger partial charge on any atom is -0.331 e. The largest absolute Gasteiger partial charge is 0.331 e. The average Bonchev–Trinajstić information content (AvgIpc) is 2.91. The Bertz CT molecular complexity index is 825. The molecule has 1 amide bonds. The molecule has 1 atom stereocenters. The number of amides is 1. The third kappa shape index (κ3) is 3.31. The molecule has 1 aromatic heterocycles. The van der Waals surface area contributed by atoms with Gasteiger partial charge in [-0.25, -0.2) is 8.42 Å². The molecule has 0 bridgehead atoms. The van der Waals surface area contributed by atoms with Gasteiger partial charge in [0, 0.05) is 18.3 Å². The standard InChI is InChI=1S/C17H22N2O4S/c1-2-8-19(13-7-9-24(22,23)11-13)17(21)14-10-12-5-3-4-6-15(12)18-16(14)20/h2,10,13H,1,3-9,11H2,(H,18,20). The minimum absolute atomic E-state index is 0.0462. The van der Waals surface area contributed by atoms with E-state index in [0.717, 1.165) is 36.9 Å². The van der Waals surface area contributed by atoms with Gasteiger partial charge in [-0.1, -0.05) is 6.08 Å². The van der Waals surface area contributed by atoms with Crippen LogP contribution >= 0.6 is 0 Å². The highest BCUT2D eigenvalue weighted by Gasteiger charge is 2.35. The predicted molar refractivity (Wildman–Crippen MR) is 92.0 cm³/mol. The lowest BCUT2D eigenvalue weighted by atomic mass is 9.94. The van der Waals surface area contributed by atoms with Crippen LogP contribution in [0.5, 0.6) is 0 Å².